The van der Waals surface area contributed by atoms with Gasteiger partial charge < -0.3 is 10.5 Å². The summed E-state index contributed by atoms with van der Waals surface area (Å²) in [5.74, 6) is -0.426. The predicted molar refractivity (Wildman–Crippen MR) is 151 cm³/mol. The van der Waals surface area contributed by atoms with Gasteiger partial charge in [0.25, 0.3) is 0 Å². The summed E-state index contributed by atoms with van der Waals surface area (Å²) in [7, 11) is -4.14. The van der Waals surface area contributed by atoms with Crippen molar-refractivity contribution < 1.29 is 17.5 Å². The summed E-state index contributed by atoms with van der Waals surface area (Å²) in [4.78, 5) is 0.101. The maximum absolute atomic E-state index is 14.8. The Balaban J connectivity index is 0.00000336. The van der Waals surface area contributed by atoms with Crippen molar-refractivity contribution in [2.45, 2.75) is 35.9 Å². The highest BCUT2D eigenvalue weighted by atomic mass is 35.5. The Bertz CT molecular complexity index is 1720. The molecule has 2 N–H and O–H groups in total. The number of nitrogens with two attached hydrogens (primary N) is 1. The Morgan fingerprint density at radius 3 is 2.53 bits per heavy atom. The van der Waals surface area contributed by atoms with Crippen molar-refractivity contribution in [1.29, 1.82) is 0 Å². The third-order valence-electron chi connectivity index (χ3n) is 6.09. The summed E-state index contributed by atoms with van der Waals surface area (Å²) in [5, 5.41) is 6.31. The molecule has 0 spiro atoms. The van der Waals surface area contributed by atoms with Gasteiger partial charge in [-0.2, -0.15) is 5.10 Å². The second-order valence-corrected chi connectivity index (χ2v) is 11.3. The molecule has 0 amide bonds. The van der Waals surface area contributed by atoms with Gasteiger partial charge in [0.2, 0.25) is 9.84 Å². The van der Waals surface area contributed by atoms with E-state index in [-0.39, 0.29) is 52.7 Å². The first-order chi connectivity index (χ1) is 17.7. The zero-order chi connectivity index (χ0) is 26.2. The van der Waals surface area contributed by atoms with E-state index in [0.717, 1.165) is 10.9 Å². The highest BCUT2D eigenvalue weighted by Crippen LogP contribution is 2.36. The van der Waals surface area contributed by atoms with E-state index in [1.54, 1.807) is 42.5 Å². The van der Waals surface area contributed by atoms with Gasteiger partial charge in [-0.1, -0.05) is 60.1 Å². The van der Waals surface area contributed by atoms with Crippen molar-refractivity contribution in [1.82, 2.24) is 9.78 Å². The molecular formula is C28H26Cl2FN3O3S. The van der Waals surface area contributed by atoms with Gasteiger partial charge in [-0.25, -0.2) is 12.8 Å². The van der Waals surface area contributed by atoms with Crippen LogP contribution in [0.25, 0.3) is 21.7 Å². The largest absolute Gasteiger partial charge is 0.491 e. The molecule has 10 heteroatoms. The van der Waals surface area contributed by atoms with Crippen LogP contribution < -0.4 is 10.5 Å². The zero-order valence-electron chi connectivity index (χ0n) is 20.5. The van der Waals surface area contributed by atoms with E-state index in [1.165, 1.54) is 16.8 Å². The van der Waals surface area contributed by atoms with Gasteiger partial charge in [-0.05, 0) is 48.6 Å². The first-order valence-corrected chi connectivity index (χ1v) is 13.7. The highest BCUT2D eigenvalue weighted by Gasteiger charge is 2.29. The Labute approximate surface area is 231 Å². The number of aromatic nitrogens is 2. The summed E-state index contributed by atoms with van der Waals surface area (Å²) >= 11 is 6.18. The second-order valence-electron chi connectivity index (χ2n) is 8.99. The number of hydrogen-bond acceptors (Lipinski definition) is 5. The monoisotopic (exact) mass is 573 g/mol. The number of benzene rings is 4. The molecule has 1 atom stereocenters. The van der Waals surface area contributed by atoms with E-state index in [0.29, 0.717) is 22.3 Å². The molecule has 0 saturated heterocycles. The molecule has 6 nitrogen and oxygen atoms in total. The zero-order valence-corrected chi connectivity index (χ0v) is 22.9. The first kappa shape index (κ1) is 27.9. The summed E-state index contributed by atoms with van der Waals surface area (Å²) in [6, 6.07) is 21.8. The van der Waals surface area contributed by atoms with Gasteiger partial charge in [0, 0.05) is 27.9 Å². The SMILES string of the molecule is CC(N)CCOc1cc(F)cc2c(S(=O)(=O)c3cccc4ccccc34)nn(Cc3cccc(Cl)c3)c12.Cl. The van der Waals surface area contributed by atoms with Crippen LogP contribution >= 0.6 is 24.0 Å². The quantitative estimate of drug-likeness (QED) is 0.232. The minimum Gasteiger partial charge on any atom is -0.491 e. The normalized spacial score (nSPS) is 12.4. The van der Waals surface area contributed by atoms with Crippen LogP contribution in [0.1, 0.15) is 18.9 Å². The smallest absolute Gasteiger partial charge is 0.226 e. The van der Waals surface area contributed by atoms with E-state index in [9.17, 15) is 12.8 Å². The van der Waals surface area contributed by atoms with Gasteiger partial charge in [-0.15, -0.1) is 12.4 Å². The fourth-order valence-electron chi connectivity index (χ4n) is 4.34. The number of nitrogens with zero attached hydrogens (tertiary/aromatic N) is 2. The molecule has 0 aliphatic carbocycles. The van der Waals surface area contributed by atoms with Crippen molar-refractivity contribution in [2.24, 2.45) is 5.73 Å². The van der Waals surface area contributed by atoms with Crippen molar-refractivity contribution >= 4 is 55.5 Å². The van der Waals surface area contributed by atoms with Gasteiger partial charge in [-0.3, -0.25) is 4.68 Å². The Kier molecular flexibility index (Phi) is 8.28. The lowest BCUT2D eigenvalue weighted by Crippen LogP contribution is -2.18. The summed E-state index contributed by atoms with van der Waals surface area (Å²) in [5.41, 5.74) is 7.04. The third kappa shape index (κ3) is 5.49. The Morgan fingerprint density at radius 1 is 1.03 bits per heavy atom. The number of rotatable bonds is 8. The van der Waals surface area contributed by atoms with E-state index in [4.69, 9.17) is 22.1 Å². The molecule has 198 valence electrons. The minimum absolute atomic E-state index is 0. The van der Waals surface area contributed by atoms with Crippen LogP contribution in [0.5, 0.6) is 5.75 Å². The maximum atomic E-state index is 14.8. The van der Waals surface area contributed by atoms with Gasteiger partial charge in [0.1, 0.15) is 17.1 Å². The lowest BCUT2D eigenvalue weighted by molar-refractivity contribution is 0.301. The number of hydrogen-bond donors (Lipinski definition) is 1. The molecular weight excluding hydrogens is 548 g/mol. The fourth-order valence-corrected chi connectivity index (χ4v) is 6.14. The van der Waals surface area contributed by atoms with Crippen LogP contribution in [0.15, 0.2) is 88.8 Å². The predicted octanol–water partition coefficient (Wildman–Crippen LogP) is 6.40. The lowest BCUT2D eigenvalue weighted by atomic mass is 10.1. The third-order valence-corrected chi connectivity index (χ3v) is 8.07. The van der Waals surface area contributed by atoms with Crippen LogP contribution in [-0.2, 0) is 16.4 Å². The van der Waals surface area contributed by atoms with E-state index in [2.05, 4.69) is 5.10 Å². The van der Waals surface area contributed by atoms with Crippen LogP contribution in [0, 0.1) is 5.82 Å². The average molecular weight is 575 g/mol. The molecule has 0 radical (unpaired) electrons. The van der Waals surface area contributed by atoms with Crippen molar-refractivity contribution in [3.8, 4) is 5.75 Å². The van der Waals surface area contributed by atoms with Gasteiger partial charge in [0.05, 0.1) is 18.0 Å². The highest BCUT2D eigenvalue weighted by molar-refractivity contribution is 7.91. The number of ether oxygens (including phenoxy) is 1. The van der Waals surface area contributed by atoms with E-state index >= 15 is 0 Å². The molecule has 0 aliphatic rings. The van der Waals surface area contributed by atoms with E-state index < -0.39 is 15.7 Å². The lowest BCUT2D eigenvalue weighted by Gasteiger charge is -2.12. The van der Waals surface area contributed by atoms with E-state index in [1.807, 2.05) is 31.2 Å². The molecule has 5 aromatic rings. The molecule has 0 aliphatic heterocycles. The number of fused-ring (bicyclic) bond motifs is 2. The molecule has 0 bridgehead atoms. The summed E-state index contributed by atoms with van der Waals surface area (Å²) in [6.07, 6.45) is 0.543. The molecule has 1 aromatic heterocycles. The van der Waals surface area contributed by atoms with Gasteiger partial charge in [0.15, 0.2) is 5.03 Å². The summed E-state index contributed by atoms with van der Waals surface area (Å²) in [6.45, 7) is 2.30. The summed E-state index contributed by atoms with van der Waals surface area (Å²) < 4.78 is 50.3. The molecule has 4 aromatic carbocycles. The van der Waals surface area contributed by atoms with Gasteiger partial charge >= 0.3 is 0 Å². The van der Waals surface area contributed by atoms with Crippen LogP contribution in [0.2, 0.25) is 5.02 Å². The second kappa shape index (κ2) is 11.3. The van der Waals surface area contributed by atoms with Crippen LogP contribution in [-0.4, -0.2) is 30.8 Å². The molecule has 38 heavy (non-hydrogen) atoms. The molecule has 1 unspecified atom stereocenters. The number of sulfone groups is 1. The molecule has 0 saturated carbocycles. The average Bonchev–Trinajstić information content (AvgIpc) is 3.22. The molecule has 0 fully saturated rings. The van der Waals surface area contributed by atoms with Crippen molar-refractivity contribution in [2.75, 3.05) is 6.61 Å². The van der Waals surface area contributed by atoms with Crippen LogP contribution in [0.3, 0.4) is 0 Å². The van der Waals surface area contributed by atoms with Crippen LogP contribution in [0.4, 0.5) is 4.39 Å². The first-order valence-electron chi connectivity index (χ1n) is 11.8. The molecule has 5 rings (SSSR count). The molecule has 1 heterocycles. The maximum Gasteiger partial charge on any atom is 0.226 e. The topological polar surface area (TPSA) is 87.2 Å². The number of halogens is 3. The Morgan fingerprint density at radius 2 is 1.76 bits per heavy atom. The van der Waals surface area contributed by atoms with Crippen molar-refractivity contribution in [3.63, 3.8) is 0 Å². The fraction of sp³-hybridized carbons (Fsp3) is 0.179. The van der Waals surface area contributed by atoms with Crippen molar-refractivity contribution in [3.05, 3.63) is 95.3 Å². The Hall–Kier alpha value is -3.17. The minimum atomic E-state index is -4.14. The standard InChI is InChI=1S/C28H25ClFN3O3S.ClH/c1-18(31)12-13-36-25-16-22(30)15-24-27(25)33(17-19-6-4-9-21(29)14-19)32-28(24)37(34,35)26-11-5-8-20-7-2-3-10-23(20)26;/h2-11,14-16,18H,12-13,17,31H2,1H3;1H.